The van der Waals surface area contributed by atoms with Crippen LogP contribution in [0, 0.1) is 0 Å². The molecule has 0 spiro atoms. The van der Waals surface area contributed by atoms with Gasteiger partial charge in [0.2, 0.25) is 0 Å². The Morgan fingerprint density at radius 2 is 2.17 bits per heavy atom. The minimum Gasteiger partial charge on any atom is -0.480 e. The third kappa shape index (κ3) is 2.95. The van der Waals surface area contributed by atoms with Crippen LogP contribution in [0.15, 0.2) is 42.7 Å². The van der Waals surface area contributed by atoms with Crippen molar-refractivity contribution < 1.29 is 9.90 Å². The van der Waals surface area contributed by atoms with Crippen molar-refractivity contribution in [3.8, 4) is 5.69 Å². The number of aromatic nitrogens is 2. The van der Waals surface area contributed by atoms with Crippen molar-refractivity contribution in [3.63, 3.8) is 0 Å². The van der Waals surface area contributed by atoms with E-state index in [0.29, 0.717) is 6.54 Å². The largest absolute Gasteiger partial charge is 0.480 e. The van der Waals surface area contributed by atoms with Crippen LogP contribution >= 0.6 is 0 Å². The molecule has 5 nitrogen and oxygen atoms in total. The van der Waals surface area contributed by atoms with E-state index in [9.17, 15) is 4.79 Å². The second-order valence-electron chi connectivity index (χ2n) is 4.07. The Bertz CT molecular complexity index is 522. The fourth-order valence-corrected chi connectivity index (χ4v) is 1.53. The Labute approximate surface area is 105 Å². The Morgan fingerprint density at radius 1 is 1.44 bits per heavy atom. The maximum Gasteiger partial charge on any atom is 0.320 e. The molecule has 0 radical (unpaired) electrons. The number of para-hydroxylation sites is 1. The van der Waals surface area contributed by atoms with Gasteiger partial charge in [-0.15, -0.1) is 0 Å². The third-order valence-electron chi connectivity index (χ3n) is 2.64. The number of carboxylic acids is 1. The van der Waals surface area contributed by atoms with E-state index in [4.69, 9.17) is 5.11 Å². The van der Waals surface area contributed by atoms with Crippen molar-refractivity contribution in [2.24, 2.45) is 0 Å². The molecule has 1 aromatic carbocycles. The second-order valence-corrected chi connectivity index (χ2v) is 4.07. The van der Waals surface area contributed by atoms with Crippen molar-refractivity contribution in [2.75, 3.05) is 0 Å². The fourth-order valence-electron chi connectivity index (χ4n) is 1.53. The van der Waals surface area contributed by atoms with Crippen molar-refractivity contribution in [1.29, 1.82) is 0 Å². The first kappa shape index (κ1) is 12.3. The summed E-state index contributed by atoms with van der Waals surface area (Å²) < 4.78 is 1.77. The normalized spacial score (nSPS) is 12.3. The summed E-state index contributed by atoms with van der Waals surface area (Å²) in [7, 11) is 0. The van der Waals surface area contributed by atoms with Gasteiger partial charge in [-0.05, 0) is 19.1 Å². The molecule has 0 aliphatic heterocycles. The Morgan fingerprint density at radius 3 is 2.83 bits per heavy atom. The SMILES string of the molecule is C[C@@H](NCc1cnn(-c2ccccc2)c1)C(=O)O. The molecule has 0 aliphatic carbocycles. The lowest BCUT2D eigenvalue weighted by Gasteiger charge is -2.06. The fraction of sp³-hybridized carbons (Fsp3) is 0.231. The third-order valence-corrected chi connectivity index (χ3v) is 2.64. The molecule has 2 N–H and O–H groups in total. The van der Waals surface area contributed by atoms with Crippen molar-refractivity contribution in [1.82, 2.24) is 15.1 Å². The van der Waals surface area contributed by atoms with Gasteiger partial charge in [0, 0.05) is 18.3 Å². The van der Waals surface area contributed by atoms with Gasteiger partial charge in [-0.1, -0.05) is 18.2 Å². The first-order valence-corrected chi connectivity index (χ1v) is 5.72. The summed E-state index contributed by atoms with van der Waals surface area (Å²) in [4.78, 5) is 10.7. The molecule has 0 bridgehead atoms. The smallest absolute Gasteiger partial charge is 0.320 e. The number of carbonyl (C=O) groups is 1. The zero-order valence-electron chi connectivity index (χ0n) is 10.1. The maximum absolute atomic E-state index is 10.7. The number of aliphatic carboxylic acids is 1. The van der Waals surface area contributed by atoms with Crippen LogP contribution in [0.1, 0.15) is 12.5 Å². The van der Waals surface area contributed by atoms with E-state index < -0.39 is 12.0 Å². The van der Waals surface area contributed by atoms with E-state index in [2.05, 4.69) is 10.4 Å². The van der Waals surface area contributed by atoms with Gasteiger partial charge in [0.15, 0.2) is 0 Å². The molecule has 0 fully saturated rings. The van der Waals surface area contributed by atoms with Crippen LogP contribution in [0.25, 0.3) is 5.69 Å². The maximum atomic E-state index is 10.7. The van der Waals surface area contributed by atoms with Crippen LogP contribution in [-0.4, -0.2) is 26.9 Å². The number of nitrogens with zero attached hydrogens (tertiary/aromatic N) is 2. The molecule has 5 heteroatoms. The molecular formula is C13H15N3O2. The van der Waals surface area contributed by atoms with Gasteiger partial charge in [0.1, 0.15) is 6.04 Å². The van der Waals surface area contributed by atoms with Gasteiger partial charge in [0.05, 0.1) is 11.9 Å². The first-order valence-electron chi connectivity index (χ1n) is 5.72. The monoisotopic (exact) mass is 245 g/mol. The second kappa shape index (κ2) is 5.46. The molecule has 2 aromatic rings. The predicted molar refractivity (Wildman–Crippen MR) is 67.5 cm³/mol. The lowest BCUT2D eigenvalue weighted by Crippen LogP contribution is -2.32. The van der Waals surface area contributed by atoms with Gasteiger partial charge in [-0.2, -0.15) is 5.10 Å². The molecule has 0 saturated heterocycles. The summed E-state index contributed by atoms with van der Waals surface area (Å²) in [5.41, 5.74) is 1.93. The quantitative estimate of drug-likeness (QED) is 0.836. The Kier molecular flexibility index (Phi) is 3.74. The molecule has 0 amide bonds. The highest BCUT2D eigenvalue weighted by Crippen LogP contribution is 2.07. The number of hydrogen-bond donors (Lipinski definition) is 2. The molecular weight excluding hydrogens is 230 g/mol. The molecule has 1 heterocycles. The minimum atomic E-state index is -0.856. The predicted octanol–water partition coefficient (Wildman–Crippen LogP) is 1.44. The lowest BCUT2D eigenvalue weighted by molar-refractivity contribution is -0.139. The number of nitrogens with one attached hydrogen (secondary N) is 1. The molecule has 1 aromatic heterocycles. The molecule has 2 rings (SSSR count). The van der Waals surface area contributed by atoms with Gasteiger partial charge >= 0.3 is 5.97 Å². The standard InChI is InChI=1S/C13H15N3O2/c1-10(13(17)18)14-7-11-8-15-16(9-11)12-5-3-2-4-6-12/h2-6,8-10,14H,7H2,1H3,(H,17,18)/t10-/m1/s1. The lowest BCUT2D eigenvalue weighted by atomic mass is 10.3. The molecule has 0 saturated carbocycles. The highest BCUT2D eigenvalue weighted by Gasteiger charge is 2.09. The average Bonchev–Trinajstić information content (AvgIpc) is 2.85. The van der Waals surface area contributed by atoms with Crippen LogP contribution < -0.4 is 5.32 Å². The van der Waals surface area contributed by atoms with E-state index in [1.165, 1.54) is 0 Å². The number of carboxylic acid groups (broad SMARTS) is 1. The highest BCUT2D eigenvalue weighted by molar-refractivity contribution is 5.72. The van der Waals surface area contributed by atoms with Crippen LogP contribution in [0.2, 0.25) is 0 Å². The summed E-state index contributed by atoms with van der Waals surface area (Å²) >= 11 is 0. The molecule has 0 unspecified atom stereocenters. The first-order chi connectivity index (χ1) is 8.66. The number of benzene rings is 1. The molecule has 18 heavy (non-hydrogen) atoms. The van der Waals surface area contributed by atoms with E-state index >= 15 is 0 Å². The summed E-state index contributed by atoms with van der Waals surface area (Å²) in [5, 5.41) is 15.9. The van der Waals surface area contributed by atoms with Gasteiger partial charge in [-0.3, -0.25) is 4.79 Å². The van der Waals surface area contributed by atoms with Crippen LogP contribution in [-0.2, 0) is 11.3 Å². The van der Waals surface area contributed by atoms with E-state index in [1.54, 1.807) is 17.8 Å². The zero-order chi connectivity index (χ0) is 13.0. The van der Waals surface area contributed by atoms with Crippen LogP contribution in [0.5, 0.6) is 0 Å². The summed E-state index contributed by atoms with van der Waals surface area (Å²) in [6, 6.07) is 9.20. The number of hydrogen-bond acceptors (Lipinski definition) is 3. The van der Waals surface area contributed by atoms with Gasteiger partial charge in [0.25, 0.3) is 0 Å². The average molecular weight is 245 g/mol. The molecule has 0 aliphatic rings. The van der Waals surface area contributed by atoms with E-state index in [1.807, 2.05) is 36.5 Å². The molecule has 1 atom stereocenters. The summed E-state index contributed by atoms with van der Waals surface area (Å²) in [6.07, 6.45) is 3.62. The van der Waals surface area contributed by atoms with Crippen molar-refractivity contribution in [2.45, 2.75) is 19.5 Å². The zero-order valence-corrected chi connectivity index (χ0v) is 10.1. The Hall–Kier alpha value is -2.14. The highest BCUT2D eigenvalue weighted by atomic mass is 16.4. The van der Waals surface area contributed by atoms with Gasteiger partial charge < -0.3 is 10.4 Å². The Balaban J connectivity index is 2.01. The number of rotatable bonds is 5. The summed E-state index contributed by atoms with van der Waals surface area (Å²) in [6.45, 7) is 2.10. The van der Waals surface area contributed by atoms with Crippen molar-refractivity contribution >= 4 is 5.97 Å². The summed E-state index contributed by atoms with van der Waals surface area (Å²) in [5.74, 6) is -0.856. The van der Waals surface area contributed by atoms with Crippen molar-refractivity contribution in [3.05, 3.63) is 48.3 Å². The molecule has 94 valence electrons. The van der Waals surface area contributed by atoms with Crippen LogP contribution in [0.3, 0.4) is 0 Å². The minimum absolute atomic E-state index is 0.486. The topological polar surface area (TPSA) is 67.2 Å². The van der Waals surface area contributed by atoms with Gasteiger partial charge in [-0.25, -0.2) is 4.68 Å². The van der Waals surface area contributed by atoms with E-state index in [0.717, 1.165) is 11.3 Å². The van der Waals surface area contributed by atoms with E-state index in [-0.39, 0.29) is 0 Å². The van der Waals surface area contributed by atoms with Crippen LogP contribution in [0.4, 0.5) is 0 Å².